The van der Waals surface area contributed by atoms with E-state index in [4.69, 9.17) is 4.74 Å². The largest absolute Gasteiger partial charge is 0.493 e. The van der Waals surface area contributed by atoms with Gasteiger partial charge in [0.15, 0.2) is 0 Å². The molecule has 1 fully saturated rings. The second kappa shape index (κ2) is 4.78. The van der Waals surface area contributed by atoms with Crippen LogP contribution >= 0.6 is 15.9 Å². The van der Waals surface area contributed by atoms with Crippen molar-refractivity contribution in [3.63, 3.8) is 0 Å². The zero-order chi connectivity index (χ0) is 13.6. The Kier molecular flexibility index (Phi) is 3.38. The van der Waals surface area contributed by atoms with Crippen LogP contribution in [0.15, 0.2) is 16.6 Å². The molecule has 1 aromatic carbocycles. The summed E-state index contributed by atoms with van der Waals surface area (Å²) < 4.78 is 6.98. The third-order valence-corrected chi connectivity index (χ3v) is 4.86. The minimum absolute atomic E-state index is 0.437. The molecule has 3 heteroatoms. The first-order valence-electron chi connectivity index (χ1n) is 7.10. The molecule has 0 N–H and O–H groups in total. The summed E-state index contributed by atoms with van der Waals surface area (Å²) in [6, 6.07) is 4.41. The van der Waals surface area contributed by atoms with Crippen LogP contribution in [0.4, 0.5) is 0 Å². The maximum atomic E-state index is 5.80. The van der Waals surface area contributed by atoms with Crippen LogP contribution in [0.25, 0.3) is 0 Å². The van der Waals surface area contributed by atoms with E-state index in [0.29, 0.717) is 5.41 Å². The number of fused-ring (bicyclic) bond motifs is 1. The predicted octanol–water partition coefficient (Wildman–Crippen LogP) is 3.86. The fraction of sp³-hybridized carbons (Fsp3) is 0.625. The smallest absolute Gasteiger partial charge is 0.127 e. The summed E-state index contributed by atoms with van der Waals surface area (Å²) in [4.78, 5) is 2.53. The highest BCUT2D eigenvalue weighted by molar-refractivity contribution is 9.10. The van der Waals surface area contributed by atoms with E-state index in [9.17, 15) is 0 Å². The van der Waals surface area contributed by atoms with Crippen LogP contribution < -0.4 is 4.74 Å². The van der Waals surface area contributed by atoms with Crippen molar-refractivity contribution in [1.82, 2.24) is 4.90 Å². The van der Waals surface area contributed by atoms with E-state index in [2.05, 4.69) is 53.7 Å². The van der Waals surface area contributed by atoms with E-state index in [-0.39, 0.29) is 0 Å². The van der Waals surface area contributed by atoms with Crippen LogP contribution in [0, 0.1) is 11.3 Å². The molecule has 0 aromatic heterocycles. The Labute approximate surface area is 124 Å². The maximum absolute atomic E-state index is 5.80. The highest BCUT2D eigenvalue weighted by atomic mass is 79.9. The zero-order valence-electron chi connectivity index (χ0n) is 12.0. The number of likely N-dealkylation sites (tertiary alicyclic amines) is 1. The standard InChI is InChI=1S/C16H22BrNO/c1-16(2,3)13-9-18(10-13)8-12-7-14(17)6-11-4-5-19-15(11)12/h6-7,13H,4-5,8-10H2,1-3H3. The number of hydrogen-bond donors (Lipinski definition) is 0. The van der Waals surface area contributed by atoms with Gasteiger partial charge in [-0.05, 0) is 29.0 Å². The Morgan fingerprint density at radius 3 is 2.74 bits per heavy atom. The van der Waals surface area contributed by atoms with Gasteiger partial charge in [-0.3, -0.25) is 4.90 Å². The third kappa shape index (κ3) is 2.68. The molecule has 19 heavy (non-hydrogen) atoms. The maximum Gasteiger partial charge on any atom is 0.127 e. The van der Waals surface area contributed by atoms with Crippen molar-refractivity contribution >= 4 is 15.9 Å². The van der Waals surface area contributed by atoms with Gasteiger partial charge in [0, 0.05) is 36.1 Å². The third-order valence-electron chi connectivity index (χ3n) is 4.40. The number of benzene rings is 1. The number of rotatable bonds is 2. The second-order valence-electron chi connectivity index (χ2n) is 6.91. The predicted molar refractivity (Wildman–Crippen MR) is 81.6 cm³/mol. The summed E-state index contributed by atoms with van der Waals surface area (Å²) in [5.74, 6) is 1.97. The summed E-state index contributed by atoms with van der Waals surface area (Å²) in [5, 5.41) is 0. The van der Waals surface area contributed by atoms with Crippen LogP contribution in [0.5, 0.6) is 5.75 Å². The normalized spacial score (nSPS) is 20.0. The van der Waals surface area contributed by atoms with Crippen molar-refractivity contribution in [2.45, 2.75) is 33.7 Å². The van der Waals surface area contributed by atoms with Gasteiger partial charge in [0.25, 0.3) is 0 Å². The second-order valence-corrected chi connectivity index (χ2v) is 7.82. The van der Waals surface area contributed by atoms with Gasteiger partial charge in [0.05, 0.1) is 6.61 Å². The highest BCUT2D eigenvalue weighted by Crippen LogP contribution is 2.38. The van der Waals surface area contributed by atoms with E-state index in [1.165, 1.54) is 28.7 Å². The molecule has 0 saturated carbocycles. The van der Waals surface area contributed by atoms with Gasteiger partial charge >= 0.3 is 0 Å². The molecule has 2 heterocycles. The van der Waals surface area contributed by atoms with Gasteiger partial charge in [-0.1, -0.05) is 36.7 Å². The summed E-state index contributed by atoms with van der Waals surface area (Å²) in [5.41, 5.74) is 3.14. The number of ether oxygens (including phenoxy) is 1. The molecule has 3 rings (SSSR count). The lowest BCUT2D eigenvalue weighted by atomic mass is 9.76. The SMILES string of the molecule is CC(C)(C)C1CN(Cc2cc(Br)cc3c2OCC3)C1. The first-order valence-corrected chi connectivity index (χ1v) is 7.89. The van der Waals surface area contributed by atoms with Crippen molar-refractivity contribution in [3.05, 3.63) is 27.7 Å². The molecule has 1 aromatic rings. The minimum Gasteiger partial charge on any atom is -0.493 e. The monoisotopic (exact) mass is 323 g/mol. The summed E-state index contributed by atoms with van der Waals surface area (Å²) >= 11 is 3.62. The van der Waals surface area contributed by atoms with Crippen molar-refractivity contribution in [2.75, 3.05) is 19.7 Å². The summed E-state index contributed by atoms with van der Waals surface area (Å²) in [6.07, 6.45) is 1.05. The molecule has 1 saturated heterocycles. The topological polar surface area (TPSA) is 12.5 Å². The molecule has 0 radical (unpaired) electrons. The lowest BCUT2D eigenvalue weighted by molar-refractivity contribution is 0.0184. The lowest BCUT2D eigenvalue weighted by Gasteiger charge is -2.46. The van der Waals surface area contributed by atoms with Crippen LogP contribution in [-0.2, 0) is 13.0 Å². The Morgan fingerprint density at radius 1 is 1.32 bits per heavy atom. The van der Waals surface area contributed by atoms with E-state index >= 15 is 0 Å². The summed E-state index contributed by atoms with van der Waals surface area (Å²) in [7, 11) is 0. The van der Waals surface area contributed by atoms with Crippen LogP contribution in [0.2, 0.25) is 0 Å². The van der Waals surface area contributed by atoms with Crippen LogP contribution in [0.3, 0.4) is 0 Å². The molecule has 0 atom stereocenters. The van der Waals surface area contributed by atoms with Gasteiger partial charge in [0.2, 0.25) is 0 Å². The van der Waals surface area contributed by atoms with Crippen molar-refractivity contribution < 1.29 is 4.74 Å². The molecule has 0 aliphatic carbocycles. The fourth-order valence-corrected chi connectivity index (χ4v) is 3.50. The van der Waals surface area contributed by atoms with Gasteiger partial charge in [-0.25, -0.2) is 0 Å². The molecule has 0 spiro atoms. The average molecular weight is 324 g/mol. The zero-order valence-corrected chi connectivity index (χ0v) is 13.6. The van der Waals surface area contributed by atoms with Crippen LogP contribution in [0.1, 0.15) is 31.9 Å². The molecule has 2 aliphatic heterocycles. The molecule has 0 bridgehead atoms. The fourth-order valence-electron chi connectivity index (χ4n) is 2.95. The van der Waals surface area contributed by atoms with Gasteiger partial charge in [-0.15, -0.1) is 0 Å². The molecule has 0 unspecified atom stereocenters. The Morgan fingerprint density at radius 2 is 2.05 bits per heavy atom. The molecule has 104 valence electrons. The van der Waals surface area contributed by atoms with E-state index in [1.54, 1.807) is 0 Å². The molecule has 0 amide bonds. The minimum atomic E-state index is 0.437. The van der Waals surface area contributed by atoms with Crippen molar-refractivity contribution in [1.29, 1.82) is 0 Å². The first-order chi connectivity index (χ1) is 8.93. The van der Waals surface area contributed by atoms with E-state index in [0.717, 1.165) is 31.2 Å². The Balaban J connectivity index is 1.69. The number of nitrogens with zero attached hydrogens (tertiary/aromatic N) is 1. The average Bonchev–Trinajstić information content (AvgIpc) is 2.68. The molecular formula is C16H22BrNO. The van der Waals surface area contributed by atoms with Crippen molar-refractivity contribution in [2.24, 2.45) is 11.3 Å². The molecule has 2 aliphatic rings. The molecular weight excluding hydrogens is 302 g/mol. The van der Waals surface area contributed by atoms with Crippen LogP contribution in [-0.4, -0.2) is 24.6 Å². The van der Waals surface area contributed by atoms with E-state index < -0.39 is 0 Å². The van der Waals surface area contributed by atoms with Gasteiger partial charge in [0.1, 0.15) is 5.75 Å². The highest BCUT2D eigenvalue weighted by Gasteiger charge is 2.36. The quantitative estimate of drug-likeness (QED) is 0.819. The van der Waals surface area contributed by atoms with Crippen molar-refractivity contribution in [3.8, 4) is 5.75 Å². The summed E-state index contributed by atoms with van der Waals surface area (Å²) in [6.45, 7) is 11.3. The first kappa shape index (κ1) is 13.4. The van der Waals surface area contributed by atoms with E-state index in [1.807, 2.05) is 0 Å². The lowest BCUT2D eigenvalue weighted by Crippen LogP contribution is -2.51. The van der Waals surface area contributed by atoms with Gasteiger partial charge < -0.3 is 4.74 Å². The molecule has 2 nitrogen and oxygen atoms in total. The number of hydrogen-bond acceptors (Lipinski definition) is 2. The number of halogens is 1. The Bertz CT molecular complexity index is 486. The Hall–Kier alpha value is -0.540. The van der Waals surface area contributed by atoms with Gasteiger partial charge in [-0.2, -0.15) is 0 Å².